The number of anilines is 2. The summed E-state index contributed by atoms with van der Waals surface area (Å²) in [4.78, 5) is 11.5. The Hall–Kier alpha value is -3.10. The number of esters is 1. The Balaban J connectivity index is 1.74. The van der Waals surface area contributed by atoms with Gasteiger partial charge in [0.15, 0.2) is 11.5 Å². The first-order valence-electron chi connectivity index (χ1n) is 7.92. The molecule has 0 saturated heterocycles. The molecule has 136 valence electrons. The van der Waals surface area contributed by atoms with E-state index in [1.165, 1.54) is 7.11 Å². The van der Waals surface area contributed by atoms with Crippen LogP contribution < -0.4 is 5.32 Å². The van der Waals surface area contributed by atoms with Crippen molar-refractivity contribution in [1.82, 2.24) is 19.8 Å². The van der Waals surface area contributed by atoms with Crippen LogP contribution >= 0.6 is 0 Å². The van der Waals surface area contributed by atoms with Crippen molar-refractivity contribution in [3.8, 4) is 0 Å². The second-order valence-corrected chi connectivity index (χ2v) is 5.80. The minimum Gasteiger partial charge on any atom is -0.469 e. The zero-order valence-corrected chi connectivity index (χ0v) is 14.2. The van der Waals surface area contributed by atoms with Gasteiger partial charge >= 0.3 is 5.97 Å². The molecular formula is C17H17F2N5O2. The predicted molar refractivity (Wildman–Crippen MR) is 90.3 cm³/mol. The molecule has 1 unspecified atom stereocenters. The van der Waals surface area contributed by atoms with Crippen LogP contribution in [-0.2, 0) is 16.0 Å². The van der Waals surface area contributed by atoms with E-state index in [-0.39, 0.29) is 17.5 Å². The smallest absolute Gasteiger partial charge is 0.308 e. The highest BCUT2D eigenvalue weighted by Gasteiger charge is 2.17. The van der Waals surface area contributed by atoms with Gasteiger partial charge in [0, 0.05) is 5.69 Å². The molecule has 1 aromatic carbocycles. The highest BCUT2D eigenvalue weighted by atomic mass is 19.3. The summed E-state index contributed by atoms with van der Waals surface area (Å²) in [5.74, 6) is -0.608. The number of carbonyl (C=O) groups is 1. The van der Waals surface area contributed by atoms with Crippen LogP contribution in [0.4, 0.5) is 20.3 Å². The first-order chi connectivity index (χ1) is 12.5. The zero-order chi connectivity index (χ0) is 18.7. The summed E-state index contributed by atoms with van der Waals surface area (Å²) in [6, 6.07) is 10.6. The van der Waals surface area contributed by atoms with Gasteiger partial charge in [0.2, 0.25) is 5.82 Å². The standard InChI is InChI=1S/C17H17F2N5O2/c1-10(17(25)26-2)9-11-3-5-12(6-4-11)20-13-7-8-14-21-22-16(15(18)19)24(14)23-13/h3-8,10,15H,9H2,1-2H3,(H,20,23). The quantitative estimate of drug-likeness (QED) is 0.679. The Morgan fingerprint density at radius 2 is 1.92 bits per heavy atom. The fraction of sp³-hybridized carbons (Fsp3) is 0.294. The maximum atomic E-state index is 12.9. The molecule has 0 amide bonds. The highest BCUT2D eigenvalue weighted by molar-refractivity contribution is 5.72. The summed E-state index contributed by atoms with van der Waals surface area (Å²) in [7, 11) is 1.37. The topological polar surface area (TPSA) is 81.4 Å². The maximum absolute atomic E-state index is 12.9. The summed E-state index contributed by atoms with van der Waals surface area (Å²) < 4.78 is 31.5. The number of fused-ring (bicyclic) bond motifs is 1. The van der Waals surface area contributed by atoms with Gasteiger partial charge in [-0.3, -0.25) is 4.79 Å². The summed E-state index contributed by atoms with van der Waals surface area (Å²) in [5.41, 5.74) is 1.96. The van der Waals surface area contributed by atoms with Gasteiger partial charge in [-0.2, -0.15) is 4.52 Å². The van der Waals surface area contributed by atoms with Crippen molar-refractivity contribution in [2.75, 3.05) is 12.4 Å². The summed E-state index contributed by atoms with van der Waals surface area (Å²) in [5, 5.41) is 14.2. The van der Waals surface area contributed by atoms with E-state index in [9.17, 15) is 13.6 Å². The third kappa shape index (κ3) is 3.76. The van der Waals surface area contributed by atoms with E-state index in [4.69, 9.17) is 4.74 Å². The molecule has 0 saturated carbocycles. The van der Waals surface area contributed by atoms with Crippen LogP contribution in [0.2, 0.25) is 0 Å². The van der Waals surface area contributed by atoms with E-state index in [1.807, 2.05) is 24.3 Å². The lowest BCUT2D eigenvalue weighted by Gasteiger charge is -2.10. The second-order valence-electron chi connectivity index (χ2n) is 5.80. The van der Waals surface area contributed by atoms with Crippen molar-refractivity contribution in [1.29, 1.82) is 0 Å². The molecule has 3 rings (SSSR count). The van der Waals surface area contributed by atoms with Crippen LogP contribution in [0, 0.1) is 5.92 Å². The zero-order valence-electron chi connectivity index (χ0n) is 14.2. The molecule has 0 radical (unpaired) electrons. The number of methoxy groups -OCH3 is 1. The van der Waals surface area contributed by atoms with Crippen LogP contribution in [0.5, 0.6) is 0 Å². The van der Waals surface area contributed by atoms with Crippen molar-refractivity contribution in [2.24, 2.45) is 5.92 Å². The van der Waals surface area contributed by atoms with Crippen LogP contribution in [0.1, 0.15) is 24.7 Å². The van der Waals surface area contributed by atoms with Gasteiger partial charge in [-0.05, 0) is 36.2 Å². The maximum Gasteiger partial charge on any atom is 0.308 e. The SMILES string of the molecule is COC(=O)C(C)Cc1ccc(Nc2ccc3nnc(C(F)F)n3n2)cc1. The van der Waals surface area contributed by atoms with Gasteiger partial charge in [0.1, 0.15) is 0 Å². The van der Waals surface area contributed by atoms with Crippen LogP contribution in [0.3, 0.4) is 0 Å². The van der Waals surface area contributed by atoms with Crippen molar-refractivity contribution in [3.63, 3.8) is 0 Å². The number of nitrogens with zero attached hydrogens (tertiary/aromatic N) is 4. The highest BCUT2D eigenvalue weighted by Crippen LogP contribution is 2.20. The van der Waals surface area contributed by atoms with Crippen molar-refractivity contribution in [2.45, 2.75) is 19.8 Å². The van der Waals surface area contributed by atoms with Crippen LogP contribution in [0.25, 0.3) is 5.65 Å². The van der Waals surface area contributed by atoms with E-state index < -0.39 is 12.2 Å². The Morgan fingerprint density at radius 3 is 2.58 bits per heavy atom. The normalized spacial score (nSPS) is 12.3. The molecule has 0 fully saturated rings. The molecule has 9 heteroatoms. The Labute approximate surface area is 148 Å². The lowest BCUT2D eigenvalue weighted by atomic mass is 10.0. The number of nitrogens with one attached hydrogen (secondary N) is 1. The Kier molecular flexibility index (Phi) is 5.06. The molecule has 0 aliphatic carbocycles. The Bertz CT molecular complexity index is 911. The average molecular weight is 361 g/mol. The summed E-state index contributed by atoms with van der Waals surface area (Å²) in [6.07, 6.45) is -2.20. The molecule has 26 heavy (non-hydrogen) atoms. The van der Waals surface area contributed by atoms with Gasteiger partial charge < -0.3 is 10.1 Å². The number of aromatic nitrogens is 4. The molecule has 0 aliphatic rings. The van der Waals surface area contributed by atoms with Crippen molar-refractivity contribution in [3.05, 3.63) is 47.8 Å². The number of halogens is 2. The Morgan fingerprint density at radius 1 is 1.19 bits per heavy atom. The van der Waals surface area contributed by atoms with Gasteiger partial charge in [-0.1, -0.05) is 19.1 Å². The first-order valence-corrected chi connectivity index (χ1v) is 7.92. The number of rotatable bonds is 6. The van der Waals surface area contributed by atoms with Crippen LogP contribution in [-0.4, -0.2) is 32.9 Å². The summed E-state index contributed by atoms with van der Waals surface area (Å²) >= 11 is 0. The summed E-state index contributed by atoms with van der Waals surface area (Å²) in [6.45, 7) is 1.80. The molecule has 2 aromatic heterocycles. The molecule has 2 heterocycles. The lowest BCUT2D eigenvalue weighted by molar-refractivity contribution is -0.144. The molecule has 0 spiro atoms. The van der Waals surface area contributed by atoms with E-state index >= 15 is 0 Å². The fourth-order valence-corrected chi connectivity index (χ4v) is 2.52. The predicted octanol–water partition coefficient (Wildman–Crippen LogP) is 3.16. The van der Waals surface area contributed by atoms with E-state index in [2.05, 4.69) is 20.6 Å². The van der Waals surface area contributed by atoms with Gasteiger partial charge in [-0.15, -0.1) is 15.3 Å². The number of benzene rings is 1. The van der Waals surface area contributed by atoms with Crippen molar-refractivity contribution < 1.29 is 18.3 Å². The van der Waals surface area contributed by atoms with Crippen molar-refractivity contribution >= 4 is 23.1 Å². The number of carbonyl (C=O) groups excluding carboxylic acids is 1. The molecular weight excluding hydrogens is 344 g/mol. The minimum absolute atomic E-state index is 0.232. The third-order valence-electron chi connectivity index (χ3n) is 3.85. The number of hydrogen-bond donors (Lipinski definition) is 1. The molecule has 0 aliphatic heterocycles. The monoisotopic (exact) mass is 361 g/mol. The number of ether oxygens (including phenoxy) is 1. The van der Waals surface area contributed by atoms with Gasteiger partial charge in [0.25, 0.3) is 6.43 Å². The molecule has 1 N–H and O–H groups in total. The van der Waals surface area contributed by atoms with Gasteiger partial charge in [0.05, 0.1) is 13.0 Å². The molecule has 1 atom stereocenters. The lowest BCUT2D eigenvalue weighted by Crippen LogP contribution is -2.15. The minimum atomic E-state index is -2.76. The molecule has 0 bridgehead atoms. The number of hydrogen-bond acceptors (Lipinski definition) is 6. The number of alkyl halides is 2. The van der Waals surface area contributed by atoms with E-state index in [0.717, 1.165) is 15.8 Å². The average Bonchev–Trinajstić information content (AvgIpc) is 3.06. The van der Waals surface area contributed by atoms with Crippen LogP contribution in [0.15, 0.2) is 36.4 Å². The largest absolute Gasteiger partial charge is 0.469 e. The van der Waals surface area contributed by atoms with E-state index in [0.29, 0.717) is 12.2 Å². The first kappa shape index (κ1) is 17.7. The molecule has 7 nitrogen and oxygen atoms in total. The fourth-order valence-electron chi connectivity index (χ4n) is 2.52. The van der Waals surface area contributed by atoms with E-state index in [1.54, 1.807) is 19.1 Å². The molecule has 3 aromatic rings. The second kappa shape index (κ2) is 7.42. The third-order valence-corrected chi connectivity index (χ3v) is 3.85. The van der Waals surface area contributed by atoms with Gasteiger partial charge in [-0.25, -0.2) is 8.78 Å².